The van der Waals surface area contributed by atoms with Crippen molar-refractivity contribution in [1.29, 1.82) is 0 Å². The van der Waals surface area contributed by atoms with E-state index >= 15 is 0 Å². The van der Waals surface area contributed by atoms with Crippen LogP contribution in [-0.2, 0) is 4.79 Å². The molecule has 1 fully saturated rings. The Balaban J connectivity index is 1.53. The van der Waals surface area contributed by atoms with E-state index in [0.717, 1.165) is 13.1 Å². The van der Waals surface area contributed by atoms with Gasteiger partial charge >= 0.3 is 0 Å². The monoisotopic (exact) mass is 317 g/mol. The van der Waals surface area contributed by atoms with E-state index < -0.39 is 0 Å². The topological polar surface area (TPSA) is 70.7 Å². The van der Waals surface area contributed by atoms with Crippen LogP contribution < -0.4 is 15.4 Å². The standard InChI is InChI=1S/C17H23N3O3/c1-12-4-2-3-8-20(12)9-7-18-17(22)13-5-6-14-15(10-13)23-11-16(21)19-14/h5-6,10,12H,2-4,7-9,11H2,1H3,(H,18,22)(H,19,21). The third-order valence-corrected chi connectivity index (χ3v) is 4.50. The number of likely N-dealkylation sites (tertiary alicyclic amines) is 1. The smallest absolute Gasteiger partial charge is 0.262 e. The maximum Gasteiger partial charge on any atom is 0.262 e. The Morgan fingerprint density at radius 1 is 1.43 bits per heavy atom. The molecule has 1 aromatic carbocycles. The average molecular weight is 317 g/mol. The molecule has 124 valence electrons. The van der Waals surface area contributed by atoms with Gasteiger partial charge in [-0.1, -0.05) is 6.42 Å². The third kappa shape index (κ3) is 3.82. The summed E-state index contributed by atoms with van der Waals surface area (Å²) < 4.78 is 5.34. The van der Waals surface area contributed by atoms with Gasteiger partial charge in [0.15, 0.2) is 6.61 Å². The van der Waals surface area contributed by atoms with Gasteiger partial charge in [0.25, 0.3) is 11.8 Å². The molecule has 0 aliphatic carbocycles. The highest BCUT2D eigenvalue weighted by atomic mass is 16.5. The van der Waals surface area contributed by atoms with Crippen molar-refractivity contribution in [1.82, 2.24) is 10.2 Å². The summed E-state index contributed by atoms with van der Waals surface area (Å²) in [4.78, 5) is 25.9. The molecule has 0 radical (unpaired) electrons. The molecule has 1 saturated heterocycles. The molecule has 1 unspecified atom stereocenters. The number of hydrogen-bond acceptors (Lipinski definition) is 4. The number of carbonyl (C=O) groups is 2. The highest BCUT2D eigenvalue weighted by Gasteiger charge is 2.19. The molecule has 0 aromatic heterocycles. The summed E-state index contributed by atoms with van der Waals surface area (Å²) in [6.45, 7) is 4.87. The number of benzene rings is 1. The minimum atomic E-state index is -0.176. The number of rotatable bonds is 4. The lowest BCUT2D eigenvalue weighted by atomic mass is 10.0. The predicted octanol–water partition coefficient (Wildman–Crippen LogP) is 1.62. The van der Waals surface area contributed by atoms with E-state index in [1.807, 2.05) is 0 Å². The molecule has 23 heavy (non-hydrogen) atoms. The molecular weight excluding hydrogens is 294 g/mol. The minimum absolute atomic E-state index is 0.00901. The van der Waals surface area contributed by atoms with Crippen LogP contribution in [0.1, 0.15) is 36.5 Å². The van der Waals surface area contributed by atoms with E-state index in [1.165, 1.54) is 19.3 Å². The lowest BCUT2D eigenvalue weighted by Gasteiger charge is -2.33. The molecule has 3 rings (SSSR count). The zero-order valence-corrected chi connectivity index (χ0v) is 13.4. The zero-order valence-electron chi connectivity index (χ0n) is 13.4. The van der Waals surface area contributed by atoms with Crippen LogP contribution in [0.2, 0.25) is 0 Å². The quantitative estimate of drug-likeness (QED) is 0.885. The maximum absolute atomic E-state index is 12.2. The van der Waals surface area contributed by atoms with Gasteiger partial charge in [0.2, 0.25) is 0 Å². The Hall–Kier alpha value is -2.08. The summed E-state index contributed by atoms with van der Waals surface area (Å²) in [7, 11) is 0. The van der Waals surface area contributed by atoms with Gasteiger partial charge in [0, 0.05) is 24.7 Å². The normalized spacial score (nSPS) is 21.1. The SMILES string of the molecule is CC1CCCCN1CCNC(=O)c1ccc2c(c1)OCC(=O)N2. The number of piperidine rings is 1. The summed E-state index contributed by atoms with van der Waals surface area (Å²) in [5.74, 6) is 0.255. The van der Waals surface area contributed by atoms with Crippen molar-refractivity contribution in [3.63, 3.8) is 0 Å². The second kappa shape index (κ2) is 7.00. The predicted molar refractivity (Wildman–Crippen MR) is 87.8 cm³/mol. The van der Waals surface area contributed by atoms with Crippen LogP contribution >= 0.6 is 0 Å². The van der Waals surface area contributed by atoms with Crippen molar-refractivity contribution in [3.8, 4) is 5.75 Å². The number of amides is 2. The van der Waals surface area contributed by atoms with Crippen LogP contribution in [0.3, 0.4) is 0 Å². The lowest BCUT2D eigenvalue weighted by molar-refractivity contribution is -0.118. The Bertz CT molecular complexity index is 603. The average Bonchev–Trinajstić information content (AvgIpc) is 2.56. The van der Waals surface area contributed by atoms with Crippen molar-refractivity contribution in [2.75, 3.05) is 31.6 Å². The van der Waals surface area contributed by atoms with Crippen LogP contribution in [0, 0.1) is 0 Å². The number of nitrogens with zero attached hydrogens (tertiary/aromatic N) is 1. The summed E-state index contributed by atoms with van der Waals surface area (Å²) in [5.41, 5.74) is 1.16. The molecule has 6 heteroatoms. The van der Waals surface area contributed by atoms with Gasteiger partial charge < -0.3 is 15.4 Å². The van der Waals surface area contributed by atoms with E-state index in [2.05, 4.69) is 22.5 Å². The Morgan fingerprint density at radius 2 is 2.30 bits per heavy atom. The van der Waals surface area contributed by atoms with Gasteiger partial charge in [-0.25, -0.2) is 0 Å². The van der Waals surface area contributed by atoms with E-state index in [9.17, 15) is 9.59 Å². The second-order valence-electron chi connectivity index (χ2n) is 6.18. The highest BCUT2D eigenvalue weighted by molar-refractivity contribution is 5.98. The molecule has 2 aliphatic heterocycles. The van der Waals surface area contributed by atoms with E-state index in [1.54, 1.807) is 18.2 Å². The van der Waals surface area contributed by atoms with Gasteiger partial charge in [-0.05, 0) is 44.5 Å². The first-order chi connectivity index (χ1) is 11.1. The fourth-order valence-electron chi connectivity index (χ4n) is 3.12. The Labute approximate surface area is 136 Å². The van der Waals surface area contributed by atoms with Crippen molar-refractivity contribution in [2.24, 2.45) is 0 Å². The summed E-state index contributed by atoms with van der Waals surface area (Å²) in [6, 6.07) is 5.68. The first kappa shape index (κ1) is 15.8. The first-order valence-corrected chi connectivity index (χ1v) is 8.22. The molecule has 2 N–H and O–H groups in total. The molecular formula is C17H23N3O3. The molecule has 2 aliphatic rings. The number of fused-ring (bicyclic) bond motifs is 1. The first-order valence-electron chi connectivity index (χ1n) is 8.22. The molecule has 2 heterocycles. The van der Waals surface area contributed by atoms with E-state index in [-0.39, 0.29) is 18.4 Å². The van der Waals surface area contributed by atoms with Gasteiger partial charge in [-0.15, -0.1) is 0 Å². The maximum atomic E-state index is 12.2. The van der Waals surface area contributed by atoms with Crippen LogP contribution in [0.15, 0.2) is 18.2 Å². The second-order valence-corrected chi connectivity index (χ2v) is 6.18. The third-order valence-electron chi connectivity index (χ3n) is 4.50. The molecule has 0 spiro atoms. The fourth-order valence-corrected chi connectivity index (χ4v) is 3.12. The number of hydrogen-bond donors (Lipinski definition) is 2. The van der Waals surface area contributed by atoms with Crippen molar-refractivity contribution < 1.29 is 14.3 Å². The van der Waals surface area contributed by atoms with Crippen molar-refractivity contribution in [3.05, 3.63) is 23.8 Å². The largest absolute Gasteiger partial charge is 0.482 e. The Morgan fingerprint density at radius 3 is 3.13 bits per heavy atom. The molecule has 6 nitrogen and oxygen atoms in total. The molecule has 1 aromatic rings. The van der Waals surface area contributed by atoms with E-state index in [4.69, 9.17) is 4.74 Å². The number of anilines is 1. The molecule has 1 atom stereocenters. The van der Waals surface area contributed by atoms with Gasteiger partial charge in [0.05, 0.1) is 5.69 Å². The van der Waals surface area contributed by atoms with Gasteiger partial charge in [0.1, 0.15) is 5.75 Å². The zero-order chi connectivity index (χ0) is 16.2. The Kier molecular flexibility index (Phi) is 4.81. The van der Waals surface area contributed by atoms with Gasteiger partial charge in [-0.2, -0.15) is 0 Å². The summed E-state index contributed by atoms with van der Waals surface area (Å²) in [6.07, 6.45) is 3.78. The summed E-state index contributed by atoms with van der Waals surface area (Å²) in [5, 5.41) is 5.67. The van der Waals surface area contributed by atoms with Crippen LogP contribution in [0.4, 0.5) is 5.69 Å². The van der Waals surface area contributed by atoms with Crippen LogP contribution in [-0.4, -0.2) is 49.0 Å². The van der Waals surface area contributed by atoms with Gasteiger partial charge in [-0.3, -0.25) is 14.5 Å². The van der Waals surface area contributed by atoms with Crippen molar-refractivity contribution in [2.45, 2.75) is 32.2 Å². The number of ether oxygens (including phenoxy) is 1. The molecule has 0 saturated carbocycles. The van der Waals surface area contributed by atoms with Crippen molar-refractivity contribution >= 4 is 17.5 Å². The molecule has 0 bridgehead atoms. The van der Waals surface area contributed by atoms with Crippen LogP contribution in [0.5, 0.6) is 5.75 Å². The lowest BCUT2D eigenvalue weighted by Crippen LogP contribution is -2.42. The van der Waals surface area contributed by atoms with E-state index in [0.29, 0.717) is 29.6 Å². The highest BCUT2D eigenvalue weighted by Crippen LogP contribution is 2.28. The minimum Gasteiger partial charge on any atom is -0.482 e. The van der Waals surface area contributed by atoms with Crippen LogP contribution in [0.25, 0.3) is 0 Å². The summed E-state index contributed by atoms with van der Waals surface area (Å²) >= 11 is 0. The molecule has 2 amide bonds. The fraction of sp³-hybridized carbons (Fsp3) is 0.529. The number of nitrogens with one attached hydrogen (secondary N) is 2. The number of carbonyl (C=O) groups excluding carboxylic acids is 2.